The summed E-state index contributed by atoms with van der Waals surface area (Å²) < 4.78 is 21.3. The molecule has 9 nitrogen and oxygen atoms in total. The van der Waals surface area contributed by atoms with Crippen LogP contribution in [0.2, 0.25) is 5.02 Å². The first-order valence-corrected chi connectivity index (χ1v) is 18.2. The molecule has 2 saturated heterocycles. The predicted octanol–water partition coefficient (Wildman–Crippen LogP) is 6.02. The molecule has 4 N–H and O–H groups in total. The number of amides is 2. The van der Waals surface area contributed by atoms with E-state index in [1.54, 1.807) is 0 Å². The maximum Gasteiger partial charge on any atom is 0.251 e. The highest BCUT2D eigenvalue weighted by molar-refractivity contribution is 7.80. The summed E-state index contributed by atoms with van der Waals surface area (Å²) in [5.74, 6) is -0.881. The monoisotopic (exact) mass is 716 g/mol. The van der Waals surface area contributed by atoms with E-state index in [9.17, 15) is 14.0 Å². The van der Waals surface area contributed by atoms with E-state index in [1.165, 1.54) is 12.3 Å². The molecule has 0 unspecified atom stereocenters. The number of benzene rings is 2. The Morgan fingerprint density at radius 2 is 1.84 bits per heavy atom. The molecule has 2 aromatic carbocycles. The molecular weight excluding hydrogens is 675 g/mol. The van der Waals surface area contributed by atoms with E-state index in [2.05, 4.69) is 43.4 Å². The van der Waals surface area contributed by atoms with Gasteiger partial charge >= 0.3 is 0 Å². The van der Waals surface area contributed by atoms with Crippen LogP contribution in [0, 0.1) is 17.3 Å². The van der Waals surface area contributed by atoms with Gasteiger partial charge in [-0.2, -0.15) is 4.39 Å². The van der Waals surface area contributed by atoms with Crippen molar-refractivity contribution in [2.75, 3.05) is 39.4 Å². The number of rotatable bonds is 10. The summed E-state index contributed by atoms with van der Waals surface area (Å²) in [6.07, 6.45) is 9.14. The Balaban J connectivity index is 0.951. The van der Waals surface area contributed by atoms with Crippen LogP contribution >= 0.6 is 23.8 Å². The minimum absolute atomic E-state index is 0.00250. The van der Waals surface area contributed by atoms with Crippen molar-refractivity contribution < 1.29 is 18.7 Å². The first-order valence-electron chi connectivity index (χ1n) is 17.4. The molecular formula is C38H42ClFN6O3S. The second kappa shape index (κ2) is 14.8. The molecule has 262 valence electrons. The van der Waals surface area contributed by atoms with Crippen LogP contribution in [-0.2, 0) is 16.1 Å². The van der Waals surface area contributed by atoms with Gasteiger partial charge in [0.2, 0.25) is 11.9 Å². The minimum atomic E-state index is -0.667. The molecule has 3 fully saturated rings. The molecule has 1 saturated carbocycles. The van der Waals surface area contributed by atoms with E-state index in [4.69, 9.17) is 34.3 Å². The number of pyridine rings is 1. The highest BCUT2D eigenvalue weighted by Gasteiger charge is 2.48. The van der Waals surface area contributed by atoms with E-state index in [-0.39, 0.29) is 34.8 Å². The molecule has 2 amide bonds. The van der Waals surface area contributed by atoms with E-state index < -0.39 is 5.95 Å². The lowest BCUT2D eigenvalue weighted by Gasteiger charge is -2.51. The van der Waals surface area contributed by atoms with Crippen LogP contribution in [0.5, 0.6) is 0 Å². The first kappa shape index (κ1) is 34.5. The zero-order valence-corrected chi connectivity index (χ0v) is 29.5. The standard InChI is InChI=1S/C38H42ClFN6O3S/c39-33-27(4-5-30-31(24-2-1-3-25(18-24)35(41)50)23-46(34(30)33)29-7-16-49-17-8-29)22-44-37(48)28-20-38(21-28)9-13-45(14-10-38)15-12-43-36(47)26-6-11-42-32(40)19-26/h1-6,11,18-19,23,28-29H,7-10,12-17,20-22H2,(H2,41,50)(H,43,47)(H,44,48). The van der Waals surface area contributed by atoms with Gasteiger partial charge in [-0.25, -0.2) is 4.98 Å². The fraction of sp³-hybridized carbons (Fsp3) is 0.421. The molecule has 3 aliphatic rings. The van der Waals surface area contributed by atoms with Crippen LogP contribution in [-0.4, -0.2) is 70.6 Å². The molecule has 7 rings (SSSR count). The van der Waals surface area contributed by atoms with Gasteiger partial charge in [0.05, 0.1) is 10.5 Å². The van der Waals surface area contributed by atoms with Crippen molar-refractivity contribution in [1.29, 1.82) is 0 Å². The molecule has 0 bridgehead atoms. The van der Waals surface area contributed by atoms with Gasteiger partial charge in [0.25, 0.3) is 5.91 Å². The summed E-state index contributed by atoms with van der Waals surface area (Å²) >= 11 is 12.4. The van der Waals surface area contributed by atoms with Crippen molar-refractivity contribution >= 4 is 51.5 Å². The number of thiocarbonyl (C=S) groups is 1. The van der Waals surface area contributed by atoms with Gasteiger partial charge in [-0.1, -0.05) is 54.2 Å². The van der Waals surface area contributed by atoms with E-state index in [0.717, 1.165) is 97.4 Å². The van der Waals surface area contributed by atoms with Crippen molar-refractivity contribution in [2.45, 2.75) is 51.1 Å². The normalized spacial score (nSPS) is 18.2. The van der Waals surface area contributed by atoms with Gasteiger partial charge in [0.1, 0.15) is 4.99 Å². The van der Waals surface area contributed by atoms with Gasteiger partial charge in [-0.05, 0) is 80.3 Å². The lowest BCUT2D eigenvalue weighted by Crippen LogP contribution is -2.51. The number of likely N-dealkylation sites (tertiary alicyclic amines) is 1. The third-order valence-corrected chi connectivity index (χ3v) is 11.5. The summed E-state index contributed by atoms with van der Waals surface area (Å²) in [5.41, 5.74) is 11.2. The number of fused-ring (bicyclic) bond motifs is 1. The third-order valence-electron chi connectivity index (χ3n) is 10.9. The number of carbonyl (C=O) groups excluding carboxylic acids is 2. The van der Waals surface area contributed by atoms with Crippen molar-refractivity contribution in [3.05, 3.63) is 88.6 Å². The van der Waals surface area contributed by atoms with Crippen molar-refractivity contribution in [3.63, 3.8) is 0 Å². The van der Waals surface area contributed by atoms with Crippen LogP contribution in [0.25, 0.3) is 22.0 Å². The third kappa shape index (κ3) is 7.28. The maximum atomic E-state index is 13.3. The van der Waals surface area contributed by atoms with Crippen LogP contribution in [0.3, 0.4) is 0 Å². The number of hydrogen-bond acceptors (Lipinski definition) is 6. The summed E-state index contributed by atoms with van der Waals surface area (Å²) in [6, 6.07) is 15.0. The van der Waals surface area contributed by atoms with Crippen molar-refractivity contribution in [1.82, 2.24) is 25.1 Å². The van der Waals surface area contributed by atoms with Crippen LogP contribution in [0.4, 0.5) is 4.39 Å². The first-order chi connectivity index (χ1) is 24.2. The zero-order chi connectivity index (χ0) is 34.8. The lowest BCUT2D eigenvalue weighted by molar-refractivity contribution is -0.135. The van der Waals surface area contributed by atoms with Gasteiger partial charge < -0.3 is 30.6 Å². The summed E-state index contributed by atoms with van der Waals surface area (Å²) in [7, 11) is 0. The van der Waals surface area contributed by atoms with Gasteiger partial charge in [-0.15, -0.1) is 0 Å². The van der Waals surface area contributed by atoms with Gasteiger partial charge in [-0.3, -0.25) is 9.59 Å². The Labute approximate surface area is 301 Å². The quantitative estimate of drug-likeness (QED) is 0.136. The fourth-order valence-corrected chi connectivity index (χ4v) is 8.39. The largest absolute Gasteiger partial charge is 0.389 e. The molecule has 1 spiro atoms. The highest BCUT2D eigenvalue weighted by atomic mass is 35.5. The number of hydrogen-bond donors (Lipinski definition) is 3. The SMILES string of the molecule is NC(=S)c1cccc(-c2cn(C3CCOCC3)c3c(Cl)c(CNC(=O)C4CC5(CCN(CCNC(=O)c6ccnc(F)c6)CC5)C4)ccc23)c1. The van der Waals surface area contributed by atoms with Crippen LogP contribution in [0.15, 0.2) is 60.9 Å². The number of nitrogens with two attached hydrogens (primary N) is 1. The molecule has 4 aromatic rings. The number of nitrogens with one attached hydrogen (secondary N) is 2. The number of carbonyl (C=O) groups is 2. The minimum Gasteiger partial charge on any atom is -0.389 e. The summed E-state index contributed by atoms with van der Waals surface area (Å²) in [5, 5.41) is 7.77. The number of ether oxygens (including phenoxy) is 1. The van der Waals surface area contributed by atoms with Gasteiger partial charge in [0.15, 0.2) is 0 Å². The Morgan fingerprint density at radius 3 is 2.58 bits per heavy atom. The maximum absolute atomic E-state index is 13.3. The molecule has 0 atom stereocenters. The average Bonchev–Trinajstić information content (AvgIpc) is 3.51. The van der Waals surface area contributed by atoms with Crippen molar-refractivity contribution in [2.24, 2.45) is 17.1 Å². The van der Waals surface area contributed by atoms with E-state index in [1.807, 2.05) is 24.3 Å². The molecule has 4 heterocycles. The number of aromatic nitrogens is 2. The molecule has 0 radical (unpaired) electrons. The topological polar surface area (TPSA) is 115 Å². The molecule has 1 aliphatic carbocycles. The Kier molecular flexibility index (Phi) is 10.2. The molecule has 2 aromatic heterocycles. The van der Waals surface area contributed by atoms with E-state index >= 15 is 0 Å². The Bertz CT molecular complexity index is 1910. The Morgan fingerprint density at radius 1 is 1.06 bits per heavy atom. The van der Waals surface area contributed by atoms with Crippen LogP contribution in [0.1, 0.15) is 66.1 Å². The average molecular weight is 717 g/mol. The predicted molar refractivity (Wildman–Crippen MR) is 197 cm³/mol. The highest BCUT2D eigenvalue weighted by Crippen LogP contribution is 2.52. The fourth-order valence-electron chi connectivity index (χ4n) is 7.94. The lowest BCUT2D eigenvalue weighted by atomic mass is 9.57. The number of nitrogens with zero attached hydrogens (tertiary/aromatic N) is 3. The van der Waals surface area contributed by atoms with Gasteiger partial charge in [0, 0.05) is 85.3 Å². The van der Waals surface area contributed by atoms with E-state index in [0.29, 0.717) is 36.3 Å². The summed E-state index contributed by atoms with van der Waals surface area (Å²) in [4.78, 5) is 31.8. The van der Waals surface area contributed by atoms with Crippen LogP contribution < -0.4 is 16.4 Å². The number of halogens is 2. The second-order valence-corrected chi connectivity index (χ2v) is 14.8. The molecule has 50 heavy (non-hydrogen) atoms. The smallest absolute Gasteiger partial charge is 0.251 e. The number of piperidine rings is 1. The second-order valence-electron chi connectivity index (χ2n) is 14.0. The van der Waals surface area contributed by atoms with Crippen molar-refractivity contribution in [3.8, 4) is 11.1 Å². The molecule has 2 aliphatic heterocycles. The Hall–Kier alpha value is -3.90. The molecule has 12 heteroatoms. The summed E-state index contributed by atoms with van der Waals surface area (Å²) in [6.45, 7) is 4.88. The zero-order valence-electron chi connectivity index (χ0n) is 27.9.